The molecule has 0 amide bonds. The molecule has 6 nitrogen and oxygen atoms in total. The summed E-state index contributed by atoms with van der Waals surface area (Å²) in [4.78, 5) is 14.2. The lowest BCUT2D eigenvalue weighted by Crippen LogP contribution is -2.26. The van der Waals surface area contributed by atoms with Crippen LogP contribution in [0.3, 0.4) is 0 Å². The maximum Gasteiger partial charge on any atom is 0.311 e. The molecule has 3 N–H and O–H groups in total. The predicted octanol–water partition coefficient (Wildman–Crippen LogP) is 2.56. The molecule has 0 spiro atoms. The van der Waals surface area contributed by atoms with Crippen LogP contribution < -0.4 is 11.1 Å². The number of nitrogen functional groups attached to an aromatic ring is 1. The van der Waals surface area contributed by atoms with E-state index in [1.165, 1.54) is 18.9 Å². The Morgan fingerprint density at radius 1 is 1.50 bits per heavy atom. The number of hydrogen-bond donors (Lipinski definition) is 2. The fourth-order valence-electron chi connectivity index (χ4n) is 2.48. The average Bonchev–Trinajstić information content (AvgIpc) is 2.28. The monoisotopic (exact) mass is 250 g/mol. The maximum absolute atomic E-state index is 10.6. The predicted molar refractivity (Wildman–Crippen MR) is 70.3 cm³/mol. The number of hydrogen-bond acceptors (Lipinski definition) is 5. The maximum atomic E-state index is 10.6. The Hall–Kier alpha value is -1.85. The van der Waals surface area contributed by atoms with Crippen molar-refractivity contribution in [2.75, 3.05) is 11.1 Å². The molecule has 18 heavy (non-hydrogen) atoms. The Morgan fingerprint density at radius 3 is 2.89 bits per heavy atom. The van der Waals surface area contributed by atoms with Gasteiger partial charge in [-0.3, -0.25) is 10.1 Å². The quantitative estimate of drug-likeness (QED) is 0.635. The van der Waals surface area contributed by atoms with Crippen LogP contribution in [0.4, 0.5) is 17.3 Å². The summed E-state index contributed by atoms with van der Waals surface area (Å²) in [5.74, 6) is 1.30. The van der Waals surface area contributed by atoms with Crippen molar-refractivity contribution in [3.8, 4) is 0 Å². The number of nitrogens with two attached hydrogens (primary N) is 1. The molecule has 0 aliphatic heterocycles. The molecule has 98 valence electrons. The molecule has 2 atom stereocenters. The minimum absolute atomic E-state index is 0.0335. The molecular weight excluding hydrogens is 232 g/mol. The minimum atomic E-state index is -0.519. The van der Waals surface area contributed by atoms with Gasteiger partial charge in [-0.1, -0.05) is 19.8 Å². The largest absolute Gasteiger partial charge is 0.378 e. The van der Waals surface area contributed by atoms with E-state index >= 15 is 0 Å². The SMILES string of the molecule is CC1CCCC(Nc2ccc([N+](=O)[O-])c(N)n2)C1. The van der Waals surface area contributed by atoms with Gasteiger partial charge in [0, 0.05) is 12.1 Å². The van der Waals surface area contributed by atoms with Crippen LogP contribution in [0, 0.1) is 16.0 Å². The first-order valence-corrected chi connectivity index (χ1v) is 6.23. The van der Waals surface area contributed by atoms with Crippen LogP contribution in [-0.4, -0.2) is 15.9 Å². The normalized spacial score (nSPS) is 23.6. The van der Waals surface area contributed by atoms with Gasteiger partial charge in [0.2, 0.25) is 5.82 Å². The number of nitro groups is 1. The molecule has 1 fully saturated rings. The second kappa shape index (κ2) is 5.20. The second-order valence-corrected chi connectivity index (χ2v) is 4.97. The van der Waals surface area contributed by atoms with Crippen LogP contribution in [0.15, 0.2) is 12.1 Å². The lowest BCUT2D eigenvalue weighted by Gasteiger charge is -2.27. The third kappa shape index (κ3) is 2.88. The first kappa shape index (κ1) is 12.6. The molecule has 1 aromatic rings. The van der Waals surface area contributed by atoms with Crippen molar-refractivity contribution in [1.29, 1.82) is 0 Å². The Morgan fingerprint density at radius 2 is 2.28 bits per heavy atom. The van der Waals surface area contributed by atoms with E-state index in [1.807, 2.05) is 0 Å². The smallest absolute Gasteiger partial charge is 0.311 e. The van der Waals surface area contributed by atoms with Crippen LogP contribution >= 0.6 is 0 Å². The van der Waals surface area contributed by atoms with Crippen LogP contribution in [-0.2, 0) is 0 Å². The average molecular weight is 250 g/mol. The lowest BCUT2D eigenvalue weighted by molar-refractivity contribution is -0.384. The van der Waals surface area contributed by atoms with Gasteiger partial charge in [0.25, 0.3) is 0 Å². The van der Waals surface area contributed by atoms with Crippen molar-refractivity contribution in [2.24, 2.45) is 5.92 Å². The molecule has 1 aromatic heterocycles. The molecule has 0 radical (unpaired) electrons. The van der Waals surface area contributed by atoms with Gasteiger partial charge >= 0.3 is 5.69 Å². The summed E-state index contributed by atoms with van der Waals surface area (Å²) in [5, 5.41) is 13.9. The van der Waals surface area contributed by atoms with Gasteiger partial charge in [-0.05, 0) is 24.8 Å². The summed E-state index contributed by atoms with van der Waals surface area (Å²) in [7, 11) is 0. The topological polar surface area (TPSA) is 94.1 Å². The van der Waals surface area contributed by atoms with Gasteiger partial charge in [-0.2, -0.15) is 0 Å². The highest BCUT2D eigenvalue weighted by Crippen LogP contribution is 2.27. The van der Waals surface area contributed by atoms with E-state index in [2.05, 4.69) is 17.2 Å². The Balaban J connectivity index is 2.05. The summed E-state index contributed by atoms with van der Waals surface area (Å²) in [5.41, 5.74) is 5.42. The summed E-state index contributed by atoms with van der Waals surface area (Å²) < 4.78 is 0. The third-order valence-corrected chi connectivity index (χ3v) is 3.39. The summed E-state index contributed by atoms with van der Waals surface area (Å²) in [6.45, 7) is 2.24. The van der Waals surface area contributed by atoms with E-state index in [1.54, 1.807) is 6.07 Å². The van der Waals surface area contributed by atoms with Gasteiger partial charge in [0.05, 0.1) is 4.92 Å². The second-order valence-electron chi connectivity index (χ2n) is 4.97. The van der Waals surface area contributed by atoms with Gasteiger partial charge in [0.15, 0.2) is 0 Å². The van der Waals surface area contributed by atoms with Gasteiger partial charge < -0.3 is 11.1 Å². The Kier molecular flexibility index (Phi) is 3.64. The van der Waals surface area contributed by atoms with E-state index < -0.39 is 4.92 Å². The summed E-state index contributed by atoms with van der Waals surface area (Å²) in [6.07, 6.45) is 4.71. The van der Waals surface area contributed by atoms with Gasteiger partial charge in [-0.25, -0.2) is 4.98 Å². The zero-order valence-corrected chi connectivity index (χ0v) is 10.4. The van der Waals surface area contributed by atoms with E-state index in [-0.39, 0.29) is 11.5 Å². The molecule has 1 heterocycles. The van der Waals surface area contributed by atoms with E-state index in [9.17, 15) is 10.1 Å². The molecule has 0 bridgehead atoms. The van der Waals surface area contributed by atoms with Crippen LogP contribution in [0.25, 0.3) is 0 Å². The Bertz CT molecular complexity index is 450. The van der Waals surface area contributed by atoms with Crippen LogP contribution in [0.5, 0.6) is 0 Å². The van der Waals surface area contributed by atoms with E-state index in [4.69, 9.17) is 5.73 Å². The molecule has 1 aliphatic carbocycles. The standard InChI is InChI=1S/C12H18N4O2/c1-8-3-2-4-9(7-8)14-11-6-5-10(16(17)18)12(13)15-11/h5-6,8-9H,2-4,7H2,1H3,(H3,13,14,15). The molecule has 2 unspecified atom stereocenters. The highest BCUT2D eigenvalue weighted by Gasteiger charge is 2.20. The number of pyridine rings is 1. The fourth-order valence-corrected chi connectivity index (χ4v) is 2.48. The first-order valence-electron chi connectivity index (χ1n) is 6.23. The van der Waals surface area contributed by atoms with Crippen molar-refractivity contribution in [2.45, 2.75) is 38.6 Å². The zero-order valence-electron chi connectivity index (χ0n) is 10.4. The molecular formula is C12H18N4O2. The molecule has 1 aliphatic rings. The van der Waals surface area contributed by atoms with Crippen molar-refractivity contribution >= 4 is 17.3 Å². The summed E-state index contributed by atoms with van der Waals surface area (Å²) >= 11 is 0. The number of nitrogens with zero attached hydrogens (tertiary/aromatic N) is 2. The number of aromatic nitrogens is 1. The number of nitrogens with one attached hydrogen (secondary N) is 1. The molecule has 6 heteroatoms. The third-order valence-electron chi connectivity index (χ3n) is 3.39. The Labute approximate surface area is 106 Å². The van der Waals surface area contributed by atoms with Crippen molar-refractivity contribution in [3.05, 3.63) is 22.2 Å². The van der Waals surface area contributed by atoms with Crippen molar-refractivity contribution in [3.63, 3.8) is 0 Å². The zero-order chi connectivity index (χ0) is 13.1. The van der Waals surface area contributed by atoms with Crippen molar-refractivity contribution in [1.82, 2.24) is 4.98 Å². The molecule has 1 saturated carbocycles. The van der Waals surface area contributed by atoms with Crippen LogP contribution in [0.2, 0.25) is 0 Å². The fraction of sp³-hybridized carbons (Fsp3) is 0.583. The van der Waals surface area contributed by atoms with Gasteiger partial charge in [0.1, 0.15) is 5.82 Å². The molecule has 0 saturated heterocycles. The van der Waals surface area contributed by atoms with E-state index in [0.29, 0.717) is 17.8 Å². The van der Waals surface area contributed by atoms with Crippen molar-refractivity contribution < 1.29 is 4.92 Å². The molecule has 0 aromatic carbocycles. The first-order chi connectivity index (χ1) is 8.56. The number of anilines is 2. The van der Waals surface area contributed by atoms with Gasteiger partial charge in [-0.15, -0.1) is 0 Å². The highest BCUT2D eigenvalue weighted by atomic mass is 16.6. The minimum Gasteiger partial charge on any atom is -0.378 e. The summed E-state index contributed by atoms with van der Waals surface area (Å²) in [6, 6.07) is 3.41. The van der Waals surface area contributed by atoms with Crippen LogP contribution in [0.1, 0.15) is 32.6 Å². The molecule has 2 rings (SSSR count). The van der Waals surface area contributed by atoms with E-state index in [0.717, 1.165) is 12.8 Å². The lowest BCUT2D eigenvalue weighted by atomic mass is 9.87. The number of rotatable bonds is 3. The highest BCUT2D eigenvalue weighted by molar-refractivity contribution is 5.57.